The maximum atomic E-state index is 11.1. The van der Waals surface area contributed by atoms with Gasteiger partial charge < -0.3 is 14.9 Å². The lowest BCUT2D eigenvalue weighted by atomic mass is 10.0. The lowest BCUT2D eigenvalue weighted by Crippen LogP contribution is -2.40. The van der Waals surface area contributed by atoms with E-state index in [2.05, 4.69) is 32.4 Å². The van der Waals surface area contributed by atoms with Crippen LogP contribution in [0.1, 0.15) is 19.8 Å². The van der Waals surface area contributed by atoms with E-state index in [1.54, 1.807) is 24.8 Å². The summed E-state index contributed by atoms with van der Waals surface area (Å²) in [6.07, 6.45) is 9.09. The summed E-state index contributed by atoms with van der Waals surface area (Å²) in [5, 5.41) is 12.5. The molecule has 10 nitrogen and oxygen atoms in total. The van der Waals surface area contributed by atoms with Crippen molar-refractivity contribution in [3.05, 3.63) is 30.9 Å². The molecule has 2 N–H and O–H groups in total. The van der Waals surface area contributed by atoms with Crippen molar-refractivity contribution in [1.82, 2.24) is 35.2 Å². The second-order valence-corrected chi connectivity index (χ2v) is 9.76. The van der Waals surface area contributed by atoms with E-state index in [-0.39, 0.29) is 6.10 Å². The van der Waals surface area contributed by atoms with E-state index in [1.807, 2.05) is 6.07 Å². The lowest BCUT2D eigenvalue weighted by Gasteiger charge is -2.27. The van der Waals surface area contributed by atoms with Crippen LogP contribution >= 0.6 is 22.7 Å². The van der Waals surface area contributed by atoms with Crippen molar-refractivity contribution in [2.24, 2.45) is 0 Å². The predicted octanol–water partition coefficient (Wildman–Crippen LogP) is 3.26. The van der Waals surface area contributed by atoms with Crippen LogP contribution in [-0.2, 0) is 4.79 Å². The van der Waals surface area contributed by atoms with Crippen LogP contribution in [0, 0.1) is 0 Å². The minimum absolute atomic E-state index is 0.168. The molecule has 6 heterocycles. The van der Waals surface area contributed by atoms with Crippen LogP contribution in [-0.4, -0.2) is 55.0 Å². The fourth-order valence-corrected chi connectivity index (χ4v) is 6.10. The average Bonchev–Trinajstić information content (AvgIpc) is 3.58. The van der Waals surface area contributed by atoms with E-state index in [9.17, 15) is 4.79 Å². The van der Waals surface area contributed by atoms with E-state index < -0.39 is 0 Å². The zero-order valence-corrected chi connectivity index (χ0v) is 19.2. The van der Waals surface area contributed by atoms with Gasteiger partial charge in [-0.3, -0.25) is 14.9 Å². The number of ether oxygens (including phenoxy) is 1. The monoisotopic (exact) mass is 481 g/mol. The van der Waals surface area contributed by atoms with Crippen molar-refractivity contribution < 1.29 is 14.4 Å². The Hall–Kier alpha value is -3.35. The third-order valence-electron chi connectivity index (χ3n) is 5.66. The first kappa shape index (κ1) is 20.3. The molecule has 0 bridgehead atoms. The first-order valence-corrected chi connectivity index (χ1v) is 12.1. The Morgan fingerprint density at radius 1 is 1.24 bits per heavy atom. The highest BCUT2D eigenvalue weighted by molar-refractivity contribution is 7.28. The Labute approximate surface area is 195 Å². The minimum Gasteiger partial charge on any atom is -0.467 e. The summed E-state index contributed by atoms with van der Waals surface area (Å²) in [6, 6.07) is 2.32. The van der Waals surface area contributed by atoms with Crippen LogP contribution in [0.4, 0.5) is 0 Å². The number of rotatable bonds is 6. The Morgan fingerprint density at radius 3 is 2.94 bits per heavy atom. The van der Waals surface area contributed by atoms with Crippen LogP contribution < -0.4 is 14.9 Å². The number of carbonyl (C=O) groups excluding carboxylic acids is 1. The molecule has 0 unspecified atom stereocenters. The molecule has 5 aromatic rings. The standard InChI is InChI=1S/C21H19N7O3S2/c1-11-6-13(2-4-22-11)31-21-27-20-19(33-21)26-18(32-20)16-17-14(3-5-28(17)30-10-29)15(9-23-16)12-7-24-25-8-12/h3,5,7-11,13,22H,2,4,6H2,1H3,(H,24,25)/t11-,13-/m0/s1. The van der Waals surface area contributed by atoms with Gasteiger partial charge in [-0.15, -0.1) is 0 Å². The van der Waals surface area contributed by atoms with Gasteiger partial charge in [0.05, 0.1) is 6.20 Å². The molecule has 1 fully saturated rings. The molecule has 12 heteroatoms. The van der Waals surface area contributed by atoms with Gasteiger partial charge in [-0.1, -0.05) is 22.7 Å². The topological polar surface area (TPSA) is 120 Å². The first-order valence-electron chi connectivity index (χ1n) is 10.5. The Bertz CT molecular complexity index is 1410. The molecule has 5 aromatic heterocycles. The number of H-pyrrole nitrogens is 1. The summed E-state index contributed by atoms with van der Waals surface area (Å²) in [6.45, 7) is 3.51. The summed E-state index contributed by atoms with van der Waals surface area (Å²) >= 11 is 2.88. The van der Waals surface area contributed by atoms with Crippen molar-refractivity contribution in [1.29, 1.82) is 0 Å². The molecular formula is C21H19N7O3S2. The average molecular weight is 482 g/mol. The van der Waals surface area contributed by atoms with Crippen LogP contribution in [0.25, 0.3) is 42.4 Å². The molecule has 1 saturated heterocycles. The summed E-state index contributed by atoms with van der Waals surface area (Å²) in [7, 11) is 0. The molecule has 0 spiro atoms. The fraction of sp³-hybridized carbons (Fsp3) is 0.286. The molecule has 0 amide bonds. The zero-order valence-electron chi connectivity index (χ0n) is 17.5. The van der Waals surface area contributed by atoms with Gasteiger partial charge >= 0.3 is 6.47 Å². The summed E-state index contributed by atoms with van der Waals surface area (Å²) in [4.78, 5) is 32.0. The van der Waals surface area contributed by atoms with Gasteiger partial charge in [-0.05, 0) is 32.4 Å². The normalized spacial score (nSPS) is 18.7. The molecule has 1 aliphatic rings. The quantitative estimate of drug-likeness (QED) is 0.355. The van der Waals surface area contributed by atoms with Crippen LogP contribution in [0.5, 0.6) is 5.19 Å². The first-order chi connectivity index (χ1) is 16.2. The number of hydrogen-bond donors (Lipinski definition) is 2. The van der Waals surface area contributed by atoms with Crippen molar-refractivity contribution in [3.63, 3.8) is 0 Å². The van der Waals surface area contributed by atoms with Gasteiger partial charge in [0.1, 0.15) is 22.3 Å². The summed E-state index contributed by atoms with van der Waals surface area (Å²) in [5.41, 5.74) is 3.04. The minimum atomic E-state index is 0.168. The number of aromatic nitrogens is 6. The molecule has 2 atom stereocenters. The summed E-state index contributed by atoms with van der Waals surface area (Å²) < 4.78 is 7.53. The molecule has 0 saturated carbocycles. The third-order valence-corrected chi connectivity index (χ3v) is 7.58. The largest absolute Gasteiger partial charge is 0.467 e. The number of nitrogens with one attached hydrogen (secondary N) is 2. The highest BCUT2D eigenvalue weighted by atomic mass is 32.1. The van der Waals surface area contributed by atoms with Gasteiger partial charge in [-0.25, -0.2) is 4.98 Å². The molecule has 0 aliphatic carbocycles. The zero-order chi connectivity index (χ0) is 22.4. The number of thiazole rings is 2. The van der Waals surface area contributed by atoms with E-state index in [0.29, 0.717) is 33.9 Å². The van der Waals surface area contributed by atoms with E-state index >= 15 is 0 Å². The number of nitrogens with zero attached hydrogens (tertiary/aromatic N) is 5. The van der Waals surface area contributed by atoms with Gasteiger partial charge in [0.25, 0.3) is 5.19 Å². The van der Waals surface area contributed by atoms with Crippen molar-refractivity contribution in [2.45, 2.75) is 31.9 Å². The maximum absolute atomic E-state index is 11.1. The van der Waals surface area contributed by atoms with Gasteiger partial charge in [0.15, 0.2) is 9.66 Å². The maximum Gasteiger partial charge on any atom is 0.321 e. The van der Waals surface area contributed by atoms with E-state index in [4.69, 9.17) is 14.6 Å². The third kappa shape index (κ3) is 3.65. The molecule has 0 aromatic carbocycles. The highest BCUT2D eigenvalue weighted by Gasteiger charge is 2.23. The number of carbonyl (C=O) groups is 1. The second kappa shape index (κ2) is 8.21. The highest BCUT2D eigenvalue weighted by Crippen LogP contribution is 2.39. The second-order valence-electron chi connectivity index (χ2n) is 7.84. The summed E-state index contributed by atoms with van der Waals surface area (Å²) in [5.74, 6) is 0. The molecule has 33 heavy (non-hydrogen) atoms. The Balaban J connectivity index is 1.38. The number of piperidine rings is 1. The van der Waals surface area contributed by atoms with Crippen LogP contribution in [0.2, 0.25) is 0 Å². The van der Waals surface area contributed by atoms with Crippen molar-refractivity contribution in [2.75, 3.05) is 6.54 Å². The number of fused-ring (bicyclic) bond motifs is 2. The smallest absolute Gasteiger partial charge is 0.321 e. The van der Waals surface area contributed by atoms with Gasteiger partial charge in [0.2, 0.25) is 0 Å². The molecule has 6 rings (SSSR count). The van der Waals surface area contributed by atoms with Gasteiger partial charge in [0, 0.05) is 41.1 Å². The van der Waals surface area contributed by atoms with Gasteiger partial charge in [-0.2, -0.15) is 14.8 Å². The Morgan fingerprint density at radius 2 is 2.15 bits per heavy atom. The van der Waals surface area contributed by atoms with E-state index in [1.165, 1.54) is 27.4 Å². The number of hydrogen-bond acceptors (Lipinski definition) is 10. The molecular weight excluding hydrogens is 462 g/mol. The van der Waals surface area contributed by atoms with Crippen LogP contribution in [0.15, 0.2) is 30.9 Å². The molecule has 168 valence electrons. The predicted molar refractivity (Wildman–Crippen MR) is 125 cm³/mol. The molecule has 1 aliphatic heterocycles. The fourth-order valence-electron chi connectivity index (χ4n) is 4.15. The van der Waals surface area contributed by atoms with Crippen molar-refractivity contribution in [3.8, 4) is 27.0 Å². The van der Waals surface area contributed by atoms with Crippen molar-refractivity contribution >= 4 is 49.7 Å². The number of aromatic amines is 1. The van der Waals surface area contributed by atoms with E-state index in [0.717, 1.165) is 45.6 Å². The lowest BCUT2D eigenvalue weighted by molar-refractivity contribution is -0.128. The number of pyridine rings is 1. The molecule has 0 radical (unpaired) electrons. The Kier molecular flexibility index (Phi) is 5.04. The SMILES string of the molecule is C[C@H]1C[C@@H](Oc2nc3sc(-c4ncc(-c5cn[nH]c5)c5ccn(OC=O)c45)nc3s2)CCN1. The van der Waals surface area contributed by atoms with Crippen LogP contribution in [0.3, 0.4) is 0 Å².